The van der Waals surface area contributed by atoms with E-state index in [2.05, 4.69) is 0 Å². The molecule has 4 heteroatoms. The van der Waals surface area contributed by atoms with E-state index in [1.165, 1.54) is 0 Å². The largest absolute Gasteiger partial charge is 0.466 e. The van der Waals surface area contributed by atoms with Gasteiger partial charge in [0.2, 0.25) is 0 Å². The van der Waals surface area contributed by atoms with Crippen LogP contribution in [0.4, 0.5) is 0 Å². The Morgan fingerprint density at radius 2 is 2.12 bits per heavy atom. The van der Waals surface area contributed by atoms with E-state index < -0.39 is 5.60 Å². The van der Waals surface area contributed by atoms with Gasteiger partial charge in [-0.3, -0.25) is 4.79 Å². The molecule has 4 nitrogen and oxygen atoms in total. The normalized spacial score (nSPS) is 39.8. The predicted molar refractivity (Wildman–Crippen MR) is 57.4 cm³/mol. The number of rotatable bonds is 2. The maximum atomic E-state index is 12.0. The van der Waals surface area contributed by atoms with Crippen LogP contribution in [-0.4, -0.2) is 24.3 Å². The predicted octanol–water partition coefficient (Wildman–Crippen LogP) is 1.85. The van der Waals surface area contributed by atoms with E-state index in [9.17, 15) is 4.79 Å². The minimum absolute atomic E-state index is 0.191. The fourth-order valence-electron chi connectivity index (χ4n) is 2.68. The maximum absolute atomic E-state index is 12.0. The van der Waals surface area contributed by atoms with Gasteiger partial charge in [0.25, 0.3) is 0 Å². The zero-order valence-electron chi connectivity index (χ0n) is 10.1. The second-order valence-corrected chi connectivity index (χ2v) is 5.15. The van der Waals surface area contributed by atoms with Crippen molar-refractivity contribution < 1.29 is 19.3 Å². The van der Waals surface area contributed by atoms with Crippen LogP contribution in [0.1, 0.15) is 27.7 Å². The zero-order chi connectivity index (χ0) is 12.0. The summed E-state index contributed by atoms with van der Waals surface area (Å²) in [5.41, 5.74) is -1.03. The lowest BCUT2D eigenvalue weighted by atomic mass is 9.63. The minimum atomic E-state index is -0.718. The lowest BCUT2D eigenvalue weighted by Crippen LogP contribution is -2.61. The molecular weight excluding hydrogens is 208 g/mol. The number of carbonyl (C=O) groups is 1. The van der Waals surface area contributed by atoms with Crippen LogP contribution < -0.4 is 0 Å². The molecule has 16 heavy (non-hydrogen) atoms. The molecule has 1 saturated heterocycles. The highest BCUT2D eigenvalue weighted by atomic mass is 17.2. The van der Waals surface area contributed by atoms with Gasteiger partial charge in [0.15, 0.2) is 0 Å². The third-order valence-corrected chi connectivity index (χ3v) is 3.51. The Balaban J connectivity index is 2.35. The first-order chi connectivity index (χ1) is 7.42. The Kier molecular flexibility index (Phi) is 2.59. The van der Waals surface area contributed by atoms with E-state index in [0.29, 0.717) is 6.61 Å². The van der Waals surface area contributed by atoms with Gasteiger partial charge in [0.05, 0.1) is 6.61 Å². The van der Waals surface area contributed by atoms with Crippen LogP contribution in [0.2, 0.25) is 0 Å². The number of hydrogen-bond acceptors (Lipinski definition) is 4. The molecule has 0 aromatic heterocycles. The Morgan fingerprint density at radius 3 is 2.56 bits per heavy atom. The first kappa shape index (κ1) is 11.6. The van der Waals surface area contributed by atoms with Gasteiger partial charge in [-0.15, -0.1) is 0 Å². The highest BCUT2D eigenvalue weighted by Gasteiger charge is 2.59. The minimum Gasteiger partial charge on any atom is -0.466 e. The second kappa shape index (κ2) is 3.57. The topological polar surface area (TPSA) is 44.8 Å². The molecule has 2 heterocycles. The van der Waals surface area contributed by atoms with Gasteiger partial charge in [0.1, 0.15) is 17.6 Å². The molecule has 1 fully saturated rings. The quantitative estimate of drug-likeness (QED) is 0.409. The summed E-state index contributed by atoms with van der Waals surface area (Å²) in [6.45, 7) is 8.05. The van der Waals surface area contributed by atoms with E-state index >= 15 is 0 Å². The van der Waals surface area contributed by atoms with Gasteiger partial charge >= 0.3 is 5.97 Å². The third-order valence-electron chi connectivity index (χ3n) is 3.51. The molecule has 90 valence electrons. The summed E-state index contributed by atoms with van der Waals surface area (Å²) >= 11 is 0. The Hall–Kier alpha value is -0.870. The Labute approximate surface area is 95.5 Å². The Bertz CT molecular complexity index is 334. The van der Waals surface area contributed by atoms with Crippen LogP contribution in [0.3, 0.4) is 0 Å². The fraction of sp³-hybridized carbons (Fsp3) is 0.750. The summed E-state index contributed by atoms with van der Waals surface area (Å²) in [4.78, 5) is 22.6. The summed E-state index contributed by atoms with van der Waals surface area (Å²) in [5, 5.41) is 0. The molecule has 0 amide bonds. The number of esters is 1. The molecule has 0 aromatic carbocycles. The molecule has 2 aliphatic heterocycles. The molecule has 0 aromatic rings. The van der Waals surface area contributed by atoms with Gasteiger partial charge in [0, 0.05) is 5.41 Å². The zero-order valence-corrected chi connectivity index (χ0v) is 10.1. The molecular formula is C12H18O4. The first-order valence-corrected chi connectivity index (χ1v) is 5.62. The van der Waals surface area contributed by atoms with Crippen LogP contribution in [0.5, 0.6) is 0 Å². The molecule has 3 unspecified atom stereocenters. The standard InChI is InChI=1S/C12H18O4/c1-5-14-10(13)9-11(2,3)8-6-7-12(9,4)16-15-8/h6-9H,5H2,1-4H3. The number of hydrogen-bond donors (Lipinski definition) is 0. The van der Waals surface area contributed by atoms with Gasteiger partial charge in [-0.05, 0) is 13.8 Å². The van der Waals surface area contributed by atoms with Crippen LogP contribution in [0.15, 0.2) is 12.2 Å². The van der Waals surface area contributed by atoms with Crippen molar-refractivity contribution in [3.05, 3.63) is 12.2 Å². The van der Waals surface area contributed by atoms with Crippen LogP contribution in [0.25, 0.3) is 0 Å². The average Bonchev–Trinajstić information content (AvgIpc) is 2.16. The summed E-state index contributed by atoms with van der Waals surface area (Å²) in [6.07, 6.45) is 3.66. The molecule has 0 radical (unpaired) electrons. The highest BCUT2D eigenvalue weighted by Crippen LogP contribution is 2.50. The SMILES string of the molecule is CCOC(=O)C1C2(C)C=CC(OO2)C1(C)C. The smallest absolute Gasteiger partial charge is 0.312 e. The van der Waals surface area contributed by atoms with Gasteiger partial charge in [-0.1, -0.05) is 26.0 Å². The first-order valence-electron chi connectivity index (χ1n) is 5.62. The fourth-order valence-corrected chi connectivity index (χ4v) is 2.68. The van der Waals surface area contributed by atoms with E-state index in [1.54, 1.807) is 0 Å². The highest BCUT2D eigenvalue weighted by molar-refractivity contribution is 5.76. The van der Waals surface area contributed by atoms with Crippen molar-refractivity contribution >= 4 is 5.97 Å². The van der Waals surface area contributed by atoms with Gasteiger partial charge < -0.3 is 4.74 Å². The van der Waals surface area contributed by atoms with Crippen LogP contribution >= 0.6 is 0 Å². The molecule has 2 bridgehead atoms. The lowest BCUT2D eigenvalue weighted by molar-refractivity contribution is -0.429. The molecule has 3 atom stereocenters. The van der Waals surface area contributed by atoms with E-state index in [-0.39, 0.29) is 23.4 Å². The van der Waals surface area contributed by atoms with Crippen molar-refractivity contribution in [2.75, 3.05) is 6.61 Å². The van der Waals surface area contributed by atoms with Crippen molar-refractivity contribution in [2.24, 2.45) is 11.3 Å². The summed E-state index contributed by atoms with van der Waals surface area (Å²) in [7, 11) is 0. The number of carbonyl (C=O) groups excluding carboxylic acids is 1. The second-order valence-electron chi connectivity index (χ2n) is 5.15. The van der Waals surface area contributed by atoms with Gasteiger partial charge in [-0.2, -0.15) is 0 Å². The lowest BCUT2D eigenvalue weighted by Gasteiger charge is -2.52. The Morgan fingerprint density at radius 1 is 1.44 bits per heavy atom. The number of fused-ring (bicyclic) bond motifs is 2. The summed E-state index contributed by atoms with van der Waals surface area (Å²) < 4.78 is 5.13. The molecule has 0 saturated carbocycles. The van der Waals surface area contributed by atoms with E-state index in [0.717, 1.165) is 0 Å². The van der Waals surface area contributed by atoms with Crippen molar-refractivity contribution in [3.8, 4) is 0 Å². The summed E-state index contributed by atoms with van der Waals surface area (Å²) in [6, 6.07) is 0. The molecule has 0 spiro atoms. The van der Waals surface area contributed by atoms with E-state index in [1.807, 2.05) is 39.8 Å². The molecule has 0 N–H and O–H groups in total. The molecule has 3 rings (SSSR count). The molecule has 3 aliphatic rings. The monoisotopic (exact) mass is 226 g/mol. The van der Waals surface area contributed by atoms with E-state index in [4.69, 9.17) is 14.5 Å². The van der Waals surface area contributed by atoms with Crippen LogP contribution in [-0.2, 0) is 19.3 Å². The number of ether oxygens (including phenoxy) is 1. The van der Waals surface area contributed by atoms with Crippen LogP contribution in [0, 0.1) is 11.3 Å². The maximum Gasteiger partial charge on any atom is 0.312 e. The van der Waals surface area contributed by atoms with Crippen molar-refractivity contribution in [3.63, 3.8) is 0 Å². The van der Waals surface area contributed by atoms with Gasteiger partial charge in [-0.25, -0.2) is 9.78 Å². The summed E-state index contributed by atoms with van der Waals surface area (Å²) in [5.74, 6) is -0.545. The average molecular weight is 226 g/mol. The van der Waals surface area contributed by atoms with Crippen molar-refractivity contribution in [1.82, 2.24) is 0 Å². The van der Waals surface area contributed by atoms with Crippen molar-refractivity contribution in [2.45, 2.75) is 39.4 Å². The van der Waals surface area contributed by atoms with Crippen molar-refractivity contribution in [1.29, 1.82) is 0 Å². The molecule has 1 aliphatic carbocycles. The third kappa shape index (κ3) is 1.48.